The van der Waals surface area contributed by atoms with Gasteiger partial charge in [-0.1, -0.05) is 36.4 Å². The summed E-state index contributed by atoms with van der Waals surface area (Å²) in [6, 6.07) is 8.72. The number of nitrogens with zero attached hydrogens (tertiary/aromatic N) is 1. The molecular weight excluding hydrogens is 230 g/mol. The normalized spacial score (nSPS) is 15.4. The second-order valence-electron chi connectivity index (χ2n) is 4.87. The summed E-state index contributed by atoms with van der Waals surface area (Å²) in [5, 5.41) is 1.39. The number of rotatable bonds is 2. The highest BCUT2D eigenvalue weighted by Crippen LogP contribution is 2.33. The first-order valence-corrected chi connectivity index (χ1v) is 6.95. The minimum atomic E-state index is 1.15. The van der Waals surface area contributed by atoms with Gasteiger partial charge in [0, 0.05) is 16.8 Å². The Morgan fingerprint density at radius 1 is 1.21 bits per heavy atom. The first-order chi connectivity index (χ1) is 9.36. The van der Waals surface area contributed by atoms with Gasteiger partial charge in [-0.15, -0.1) is 0 Å². The van der Waals surface area contributed by atoms with Crippen LogP contribution in [0.2, 0.25) is 0 Å². The Kier molecular flexibility index (Phi) is 3.12. The van der Waals surface area contributed by atoms with Crippen LogP contribution in [-0.4, -0.2) is 4.57 Å². The summed E-state index contributed by atoms with van der Waals surface area (Å²) in [7, 11) is 0. The van der Waals surface area contributed by atoms with Gasteiger partial charge in [0.25, 0.3) is 0 Å². The fourth-order valence-electron chi connectivity index (χ4n) is 2.94. The fraction of sp³-hybridized carbons (Fsp3) is 0.222. The molecule has 19 heavy (non-hydrogen) atoms. The highest BCUT2D eigenvalue weighted by atomic mass is 15.0. The quantitative estimate of drug-likeness (QED) is 0.657. The second-order valence-corrected chi connectivity index (χ2v) is 4.87. The van der Waals surface area contributed by atoms with E-state index in [1.807, 2.05) is 0 Å². The molecule has 0 radical (unpaired) electrons. The summed E-state index contributed by atoms with van der Waals surface area (Å²) in [5.74, 6) is 0. The Bertz CT molecular complexity index is 696. The Morgan fingerprint density at radius 3 is 2.84 bits per heavy atom. The van der Waals surface area contributed by atoms with E-state index in [2.05, 4.69) is 73.1 Å². The number of fused-ring (bicyclic) bond motifs is 3. The molecule has 0 N–H and O–H groups in total. The molecule has 0 spiro atoms. The lowest BCUT2D eigenvalue weighted by molar-refractivity contribution is 0.974. The maximum Gasteiger partial charge on any atom is 0.0537 e. The summed E-state index contributed by atoms with van der Waals surface area (Å²) in [6.45, 7) is 4.17. The molecule has 1 aliphatic rings. The van der Waals surface area contributed by atoms with Gasteiger partial charge in [0.05, 0.1) is 5.52 Å². The number of hydrogen-bond acceptors (Lipinski definition) is 0. The van der Waals surface area contributed by atoms with Gasteiger partial charge < -0.3 is 4.57 Å². The lowest BCUT2D eigenvalue weighted by Crippen LogP contribution is -2.00. The average Bonchev–Trinajstić information content (AvgIpc) is 2.80. The van der Waals surface area contributed by atoms with Crippen LogP contribution in [0.15, 0.2) is 48.6 Å². The number of allylic oxidation sites excluding steroid dienone is 5. The molecule has 3 rings (SSSR count). The van der Waals surface area contributed by atoms with Crippen molar-refractivity contribution >= 4 is 22.7 Å². The smallest absolute Gasteiger partial charge is 0.0537 e. The summed E-state index contributed by atoms with van der Waals surface area (Å²) < 4.78 is 2.38. The molecule has 0 unspecified atom stereocenters. The lowest BCUT2D eigenvalue weighted by atomic mass is 10.0. The van der Waals surface area contributed by atoms with E-state index >= 15 is 0 Å². The van der Waals surface area contributed by atoms with Gasteiger partial charge >= 0.3 is 0 Å². The molecule has 1 nitrogen and oxygen atoms in total. The summed E-state index contributed by atoms with van der Waals surface area (Å²) in [5.41, 5.74) is 5.39. The van der Waals surface area contributed by atoms with Crippen LogP contribution >= 0.6 is 0 Å². The van der Waals surface area contributed by atoms with Crippen molar-refractivity contribution < 1.29 is 0 Å². The van der Waals surface area contributed by atoms with E-state index in [0.717, 1.165) is 12.8 Å². The van der Waals surface area contributed by atoms with Crippen LogP contribution in [0, 0.1) is 0 Å². The van der Waals surface area contributed by atoms with Crippen LogP contribution < -0.4 is 0 Å². The molecule has 0 saturated heterocycles. The third kappa shape index (κ3) is 1.86. The van der Waals surface area contributed by atoms with Crippen molar-refractivity contribution in [3.05, 3.63) is 59.8 Å². The number of aromatic nitrogens is 1. The van der Waals surface area contributed by atoms with E-state index in [4.69, 9.17) is 0 Å². The number of para-hydroxylation sites is 1. The van der Waals surface area contributed by atoms with Crippen molar-refractivity contribution in [3.8, 4) is 0 Å². The molecule has 1 aromatic heterocycles. The van der Waals surface area contributed by atoms with Crippen LogP contribution in [0.5, 0.6) is 0 Å². The largest absolute Gasteiger partial charge is 0.310 e. The minimum Gasteiger partial charge on any atom is -0.310 e. The van der Waals surface area contributed by atoms with Gasteiger partial charge in [-0.25, -0.2) is 0 Å². The monoisotopic (exact) mass is 249 g/mol. The summed E-state index contributed by atoms with van der Waals surface area (Å²) >= 11 is 0. The second kappa shape index (κ2) is 4.93. The van der Waals surface area contributed by atoms with E-state index in [1.54, 1.807) is 0 Å². The highest BCUT2D eigenvalue weighted by Gasteiger charge is 2.17. The van der Waals surface area contributed by atoms with Crippen molar-refractivity contribution in [1.29, 1.82) is 0 Å². The predicted octanol–water partition coefficient (Wildman–Crippen LogP) is 5.04. The molecule has 96 valence electrons. The third-order valence-corrected chi connectivity index (χ3v) is 3.75. The van der Waals surface area contributed by atoms with E-state index in [0.29, 0.717) is 0 Å². The van der Waals surface area contributed by atoms with Crippen molar-refractivity contribution in [2.45, 2.75) is 26.7 Å². The summed E-state index contributed by atoms with van der Waals surface area (Å²) in [4.78, 5) is 0. The van der Waals surface area contributed by atoms with E-state index < -0.39 is 0 Å². The Hall–Kier alpha value is -2.02. The van der Waals surface area contributed by atoms with Crippen molar-refractivity contribution in [3.63, 3.8) is 0 Å². The highest BCUT2D eigenvalue weighted by molar-refractivity contribution is 5.92. The topological polar surface area (TPSA) is 4.93 Å². The molecular formula is C18H19N. The fourth-order valence-corrected chi connectivity index (χ4v) is 2.94. The maximum absolute atomic E-state index is 2.38. The van der Waals surface area contributed by atoms with Crippen LogP contribution in [-0.2, 0) is 6.42 Å². The van der Waals surface area contributed by atoms with Crippen LogP contribution in [0.1, 0.15) is 31.5 Å². The molecule has 0 saturated carbocycles. The van der Waals surface area contributed by atoms with Gasteiger partial charge in [-0.2, -0.15) is 0 Å². The van der Waals surface area contributed by atoms with Gasteiger partial charge in [0.1, 0.15) is 0 Å². The molecule has 1 heteroatoms. The average molecular weight is 249 g/mol. The zero-order valence-corrected chi connectivity index (χ0v) is 11.6. The Balaban J connectivity index is 2.38. The van der Waals surface area contributed by atoms with Gasteiger partial charge in [-0.05, 0) is 50.5 Å². The predicted molar refractivity (Wildman–Crippen MR) is 84.1 cm³/mol. The molecule has 0 bridgehead atoms. The van der Waals surface area contributed by atoms with E-state index in [1.165, 1.54) is 27.9 Å². The first kappa shape index (κ1) is 12.0. The molecule has 0 atom stereocenters. The first-order valence-electron chi connectivity index (χ1n) is 6.95. The standard InChI is InChI=1S/C18H19N/c1-3-9-14(4-2)19-17-12-7-5-10-15(17)16-11-6-8-13-18(16)19/h3-5,7-10,12-13H,6,11H2,1-2H3/b9-3-,14-4+. The zero-order chi connectivity index (χ0) is 13.2. The van der Waals surface area contributed by atoms with Crippen molar-refractivity contribution in [2.24, 2.45) is 0 Å². The molecule has 1 aliphatic carbocycles. The van der Waals surface area contributed by atoms with Crippen molar-refractivity contribution in [2.75, 3.05) is 0 Å². The molecule has 1 heterocycles. The van der Waals surface area contributed by atoms with Gasteiger partial charge in [0.15, 0.2) is 0 Å². The minimum absolute atomic E-state index is 1.15. The maximum atomic E-state index is 2.38. The molecule has 0 fully saturated rings. The number of aryl methyl sites for hydroxylation is 1. The summed E-state index contributed by atoms with van der Waals surface area (Å²) in [6.07, 6.45) is 13.3. The SMILES string of the molecule is C/C=C\C(=C/C)n1c2c(c3ccccc31)CCC=C2. The number of hydrogen-bond donors (Lipinski definition) is 0. The third-order valence-electron chi connectivity index (χ3n) is 3.75. The Morgan fingerprint density at radius 2 is 2.05 bits per heavy atom. The van der Waals surface area contributed by atoms with Gasteiger partial charge in [-0.3, -0.25) is 0 Å². The lowest BCUT2D eigenvalue weighted by Gasteiger charge is -2.12. The van der Waals surface area contributed by atoms with Gasteiger partial charge in [0.2, 0.25) is 0 Å². The van der Waals surface area contributed by atoms with E-state index in [9.17, 15) is 0 Å². The molecule has 2 aromatic rings. The Labute approximate surface area is 114 Å². The zero-order valence-electron chi connectivity index (χ0n) is 11.6. The number of benzene rings is 1. The molecule has 1 aromatic carbocycles. The van der Waals surface area contributed by atoms with Crippen molar-refractivity contribution in [1.82, 2.24) is 4.57 Å². The van der Waals surface area contributed by atoms with Crippen LogP contribution in [0.4, 0.5) is 0 Å². The van der Waals surface area contributed by atoms with E-state index in [-0.39, 0.29) is 0 Å². The molecule has 0 amide bonds. The molecule has 0 aliphatic heterocycles. The van der Waals surface area contributed by atoms with Crippen LogP contribution in [0.25, 0.3) is 22.7 Å². The van der Waals surface area contributed by atoms with Crippen LogP contribution in [0.3, 0.4) is 0 Å².